The van der Waals surface area contributed by atoms with Crippen LogP contribution in [0.4, 0.5) is 0 Å². The van der Waals surface area contributed by atoms with Gasteiger partial charge in [0.15, 0.2) is 5.29 Å². The number of nitrogens with zero attached hydrogens (tertiary/aromatic N) is 1. The first-order valence-electron chi connectivity index (χ1n) is 5.54. The zero-order valence-electron chi connectivity index (χ0n) is 9.68. The highest BCUT2D eigenvalue weighted by molar-refractivity contribution is 7.11. The van der Waals surface area contributed by atoms with Gasteiger partial charge >= 0.3 is 0 Å². The fourth-order valence-corrected chi connectivity index (χ4v) is 3.79. The van der Waals surface area contributed by atoms with Crippen LogP contribution in [-0.2, 0) is 0 Å². The van der Waals surface area contributed by atoms with E-state index in [2.05, 4.69) is 40.1 Å². The van der Waals surface area contributed by atoms with Crippen LogP contribution in [0.1, 0.15) is 22.7 Å². The third kappa shape index (κ3) is 2.11. The van der Waals surface area contributed by atoms with Crippen LogP contribution in [0.2, 0.25) is 0 Å². The second kappa shape index (κ2) is 4.88. The van der Waals surface area contributed by atoms with E-state index in [4.69, 9.17) is 11.6 Å². The van der Waals surface area contributed by atoms with Crippen molar-refractivity contribution in [1.82, 2.24) is 5.32 Å². The summed E-state index contributed by atoms with van der Waals surface area (Å²) in [5.74, 6) is 0. The number of halogens is 1. The smallest absolute Gasteiger partial charge is 0.196 e. The van der Waals surface area contributed by atoms with Crippen molar-refractivity contribution >= 4 is 45.3 Å². The maximum atomic E-state index is 6.12. The van der Waals surface area contributed by atoms with E-state index in [1.54, 1.807) is 22.7 Å². The van der Waals surface area contributed by atoms with Crippen LogP contribution in [-0.4, -0.2) is 5.29 Å². The van der Waals surface area contributed by atoms with Gasteiger partial charge in [0.05, 0.1) is 10.6 Å². The summed E-state index contributed by atoms with van der Waals surface area (Å²) in [5.41, 5.74) is 2.30. The third-order valence-corrected chi connectivity index (χ3v) is 4.86. The number of amidine groups is 1. The summed E-state index contributed by atoms with van der Waals surface area (Å²) in [4.78, 5) is 6.91. The zero-order valence-corrected chi connectivity index (χ0v) is 12.1. The molecule has 1 unspecified atom stereocenters. The summed E-state index contributed by atoms with van der Waals surface area (Å²) in [5, 5.41) is 7.77. The van der Waals surface area contributed by atoms with E-state index in [0.717, 1.165) is 5.70 Å². The molecule has 2 aromatic rings. The van der Waals surface area contributed by atoms with Gasteiger partial charge in [-0.1, -0.05) is 12.1 Å². The summed E-state index contributed by atoms with van der Waals surface area (Å²) in [6, 6.07) is 8.32. The Morgan fingerprint density at radius 3 is 2.67 bits per heavy atom. The average Bonchev–Trinajstić information content (AvgIpc) is 3.02. The van der Waals surface area contributed by atoms with Crippen LogP contribution in [0, 0.1) is 0 Å². The molecule has 0 aromatic carbocycles. The van der Waals surface area contributed by atoms with Crippen LogP contribution in [0.15, 0.2) is 45.6 Å². The molecule has 1 aliphatic rings. The standard InChI is InChI=1S/C13H11ClN2S2/c1-8-11(9-4-2-6-17-9)15-13(14)16-12(8)10-5-3-7-18-10/h2-7,11H,1H3,(H,15,16). The number of aliphatic imine (C=N–C) groups is 1. The minimum Gasteiger partial charge on any atom is -0.329 e. The van der Waals surface area contributed by atoms with Gasteiger partial charge in [-0.2, -0.15) is 0 Å². The first-order chi connectivity index (χ1) is 8.75. The fourth-order valence-electron chi connectivity index (χ4n) is 1.98. The van der Waals surface area contributed by atoms with Gasteiger partial charge in [-0.25, -0.2) is 4.99 Å². The van der Waals surface area contributed by atoms with E-state index in [-0.39, 0.29) is 6.04 Å². The van der Waals surface area contributed by atoms with E-state index in [1.165, 1.54) is 15.3 Å². The Bertz CT molecular complexity index is 597. The number of nitrogens with one attached hydrogen (secondary N) is 1. The molecular weight excluding hydrogens is 284 g/mol. The Morgan fingerprint density at radius 2 is 2.00 bits per heavy atom. The van der Waals surface area contributed by atoms with Crippen LogP contribution >= 0.6 is 34.3 Å². The van der Waals surface area contributed by atoms with Crippen molar-refractivity contribution in [2.24, 2.45) is 4.99 Å². The second-order valence-electron chi connectivity index (χ2n) is 4.00. The molecule has 0 saturated carbocycles. The predicted molar refractivity (Wildman–Crippen MR) is 80.4 cm³/mol. The molecule has 0 aliphatic carbocycles. The number of hydrogen-bond acceptors (Lipinski definition) is 4. The normalized spacial score (nSPS) is 19.7. The van der Waals surface area contributed by atoms with Crippen LogP contribution in [0.25, 0.3) is 5.70 Å². The highest BCUT2D eigenvalue weighted by atomic mass is 35.5. The lowest BCUT2D eigenvalue weighted by molar-refractivity contribution is 0.843. The first-order valence-corrected chi connectivity index (χ1v) is 7.68. The molecule has 0 bridgehead atoms. The van der Waals surface area contributed by atoms with Crippen LogP contribution < -0.4 is 5.32 Å². The summed E-state index contributed by atoms with van der Waals surface area (Å²) in [6.07, 6.45) is 0. The molecule has 2 aromatic heterocycles. The van der Waals surface area contributed by atoms with Gasteiger partial charge < -0.3 is 5.32 Å². The Morgan fingerprint density at radius 1 is 1.22 bits per heavy atom. The van der Waals surface area contributed by atoms with E-state index < -0.39 is 0 Å². The Labute approximate surface area is 119 Å². The van der Waals surface area contributed by atoms with Crippen molar-refractivity contribution in [3.05, 3.63) is 50.4 Å². The van der Waals surface area contributed by atoms with Crippen molar-refractivity contribution < 1.29 is 0 Å². The highest BCUT2D eigenvalue weighted by Gasteiger charge is 2.23. The molecule has 3 rings (SSSR count). The molecule has 92 valence electrons. The summed E-state index contributed by atoms with van der Waals surface area (Å²) in [7, 11) is 0. The predicted octanol–water partition coefficient (Wildman–Crippen LogP) is 4.48. The quantitative estimate of drug-likeness (QED) is 0.812. The maximum absolute atomic E-state index is 6.12. The average molecular weight is 295 g/mol. The van der Waals surface area contributed by atoms with Gasteiger partial charge in [-0.3, -0.25) is 0 Å². The summed E-state index contributed by atoms with van der Waals surface area (Å²) >= 11 is 9.53. The molecular formula is C13H11ClN2S2. The van der Waals surface area contributed by atoms with Gasteiger partial charge in [-0.05, 0) is 47.0 Å². The topological polar surface area (TPSA) is 24.4 Å². The van der Waals surface area contributed by atoms with Gasteiger partial charge in [0.2, 0.25) is 0 Å². The number of thiophene rings is 2. The molecule has 0 saturated heterocycles. The fraction of sp³-hybridized carbons (Fsp3) is 0.154. The molecule has 0 spiro atoms. The maximum Gasteiger partial charge on any atom is 0.196 e. The van der Waals surface area contributed by atoms with E-state index in [9.17, 15) is 0 Å². The molecule has 0 amide bonds. The van der Waals surface area contributed by atoms with Gasteiger partial charge in [0.1, 0.15) is 6.04 Å². The Balaban J connectivity index is 2.06. The number of rotatable bonds is 2. The first kappa shape index (κ1) is 12.0. The molecule has 3 heterocycles. The van der Waals surface area contributed by atoms with Crippen LogP contribution in [0.3, 0.4) is 0 Å². The molecule has 2 nitrogen and oxygen atoms in total. The molecule has 0 fully saturated rings. The summed E-state index contributed by atoms with van der Waals surface area (Å²) in [6.45, 7) is 2.11. The van der Waals surface area contributed by atoms with Crippen molar-refractivity contribution in [3.63, 3.8) is 0 Å². The largest absolute Gasteiger partial charge is 0.329 e. The monoisotopic (exact) mass is 294 g/mol. The van der Waals surface area contributed by atoms with Gasteiger partial charge in [0, 0.05) is 4.88 Å². The Hall–Kier alpha value is -1.10. The highest BCUT2D eigenvalue weighted by Crippen LogP contribution is 2.36. The lowest BCUT2D eigenvalue weighted by Crippen LogP contribution is -2.24. The molecule has 0 radical (unpaired) electrons. The van der Waals surface area contributed by atoms with Crippen molar-refractivity contribution in [1.29, 1.82) is 0 Å². The lowest BCUT2D eigenvalue weighted by atomic mass is 10.0. The van der Waals surface area contributed by atoms with Crippen molar-refractivity contribution in [2.45, 2.75) is 13.0 Å². The van der Waals surface area contributed by atoms with Gasteiger partial charge in [-0.15, -0.1) is 22.7 Å². The van der Waals surface area contributed by atoms with E-state index >= 15 is 0 Å². The minimum absolute atomic E-state index is 0.0378. The summed E-state index contributed by atoms with van der Waals surface area (Å²) < 4.78 is 0. The second-order valence-corrected chi connectivity index (χ2v) is 6.28. The molecule has 18 heavy (non-hydrogen) atoms. The van der Waals surface area contributed by atoms with E-state index in [0.29, 0.717) is 5.29 Å². The molecule has 1 N–H and O–H groups in total. The minimum atomic E-state index is 0.0378. The molecule has 5 heteroatoms. The third-order valence-electron chi connectivity index (χ3n) is 2.86. The van der Waals surface area contributed by atoms with E-state index in [1.807, 2.05) is 12.1 Å². The van der Waals surface area contributed by atoms with Crippen molar-refractivity contribution in [3.8, 4) is 0 Å². The zero-order chi connectivity index (χ0) is 12.5. The lowest BCUT2D eigenvalue weighted by Gasteiger charge is -2.23. The van der Waals surface area contributed by atoms with Crippen molar-refractivity contribution in [2.75, 3.05) is 0 Å². The van der Waals surface area contributed by atoms with Crippen LogP contribution in [0.5, 0.6) is 0 Å². The molecule has 1 aliphatic heterocycles. The SMILES string of the molecule is CC1=C(c2cccs2)NC(Cl)=NC1c1cccs1. The molecule has 1 atom stereocenters. The van der Waals surface area contributed by atoms with Gasteiger partial charge in [0.25, 0.3) is 0 Å². The Kier molecular flexibility index (Phi) is 3.24. The number of hydrogen-bond donors (Lipinski definition) is 1.